The number of aromatic nitrogens is 4. The Kier molecular flexibility index (Phi) is 6.94. The Bertz CT molecular complexity index is 3860. The highest BCUT2D eigenvalue weighted by atomic mass is 19.4. The zero-order chi connectivity index (χ0) is 40.6. The number of halogens is 3. The molecule has 0 fully saturated rings. The molecule has 60 heavy (non-hydrogen) atoms. The Labute approximate surface area is 340 Å². The van der Waals surface area contributed by atoms with Crippen LogP contribution in [0.5, 0.6) is 0 Å². The third-order valence-corrected chi connectivity index (χ3v) is 12.7. The lowest BCUT2D eigenvalue weighted by Gasteiger charge is -2.22. The predicted molar refractivity (Wildman–Crippen MR) is 238 cm³/mol. The SMILES string of the molecule is Cn1c2ccccc2c2c1ccc1c3ccccc3n(-c3ccc(-c4ccccc4C(F)(F)F)c(-n4c5ccccc5c5ccc6c(c7ccccc7n6C)c54)c3C#N)c12. The molecule has 8 heteroatoms. The van der Waals surface area contributed by atoms with E-state index in [0.29, 0.717) is 16.9 Å². The Morgan fingerprint density at radius 2 is 0.900 bits per heavy atom. The molecule has 286 valence electrons. The summed E-state index contributed by atoms with van der Waals surface area (Å²) in [5.41, 5.74) is 8.26. The second-order valence-electron chi connectivity index (χ2n) is 15.6. The van der Waals surface area contributed by atoms with Crippen LogP contribution in [0.15, 0.2) is 158 Å². The number of nitrogens with zero attached hydrogens (tertiary/aromatic N) is 5. The van der Waals surface area contributed by atoms with E-state index in [9.17, 15) is 5.26 Å². The molecular weight excluding hydrogens is 752 g/mol. The molecule has 4 aromatic heterocycles. The summed E-state index contributed by atoms with van der Waals surface area (Å²) in [5, 5.41) is 19.7. The van der Waals surface area contributed by atoms with Crippen molar-refractivity contribution < 1.29 is 13.2 Å². The fraction of sp³-hybridized carbons (Fsp3) is 0.0577. The normalized spacial score (nSPS) is 12.4. The second kappa shape index (κ2) is 12.1. The Balaban J connectivity index is 1.34. The first-order valence-electron chi connectivity index (χ1n) is 19.8. The summed E-state index contributed by atoms with van der Waals surface area (Å²) in [7, 11) is 4.09. The molecule has 8 aromatic carbocycles. The van der Waals surface area contributed by atoms with Gasteiger partial charge in [-0.2, -0.15) is 18.4 Å². The van der Waals surface area contributed by atoms with Crippen LogP contribution in [-0.2, 0) is 20.3 Å². The molecule has 0 amide bonds. The zero-order valence-corrected chi connectivity index (χ0v) is 32.4. The van der Waals surface area contributed by atoms with Crippen molar-refractivity contribution in [1.29, 1.82) is 5.26 Å². The fourth-order valence-corrected chi connectivity index (χ4v) is 10.2. The molecule has 0 N–H and O–H groups in total. The quantitative estimate of drug-likeness (QED) is 0.176. The molecule has 0 aliphatic heterocycles. The van der Waals surface area contributed by atoms with Crippen molar-refractivity contribution >= 4 is 87.2 Å². The summed E-state index contributed by atoms with van der Waals surface area (Å²) in [5.74, 6) is 0. The number of nitriles is 1. The van der Waals surface area contributed by atoms with Crippen LogP contribution < -0.4 is 0 Å². The summed E-state index contributed by atoms with van der Waals surface area (Å²) in [6.07, 6.45) is -4.66. The van der Waals surface area contributed by atoms with Crippen LogP contribution in [0.4, 0.5) is 13.2 Å². The third-order valence-electron chi connectivity index (χ3n) is 12.7. The van der Waals surface area contributed by atoms with E-state index in [4.69, 9.17) is 0 Å². The largest absolute Gasteiger partial charge is 0.417 e. The summed E-state index contributed by atoms with van der Waals surface area (Å²) in [4.78, 5) is 0. The molecule has 0 aliphatic rings. The number of hydrogen-bond donors (Lipinski definition) is 0. The van der Waals surface area contributed by atoms with Crippen molar-refractivity contribution in [1.82, 2.24) is 18.3 Å². The second-order valence-corrected chi connectivity index (χ2v) is 15.6. The smallest absolute Gasteiger partial charge is 0.344 e. The van der Waals surface area contributed by atoms with Gasteiger partial charge in [-0.05, 0) is 54.1 Å². The summed E-state index contributed by atoms with van der Waals surface area (Å²) >= 11 is 0. The van der Waals surface area contributed by atoms with E-state index >= 15 is 13.2 Å². The Morgan fingerprint density at radius 3 is 1.45 bits per heavy atom. The van der Waals surface area contributed by atoms with E-state index in [-0.39, 0.29) is 11.1 Å². The van der Waals surface area contributed by atoms with Gasteiger partial charge in [-0.1, -0.05) is 109 Å². The number of benzene rings is 8. The number of fused-ring (bicyclic) bond motifs is 14. The summed E-state index contributed by atoms with van der Waals surface area (Å²) in [6.45, 7) is 0. The first-order valence-corrected chi connectivity index (χ1v) is 19.8. The lowest BCUT2D eigenvalue weighted by molar-refractivity contribution is -0.137. The molecule has 12 aromatic rings. The standard InChI is InChI=1S/C52H32F3N5/c1-57-40-19-9-6-16-36(40)47-45(57)27-24-34-31-14-4-11-21-42(31)59(50(34)47)44-26-23-33(30-13-3-8-18-39(30)52(53,54)55)49(38(44)29-56)60-43-22-12-5-15-32(43)35-25-28-46-48(51(35)60)37-17-7-10-20-41(37)58(46)2/h3-28H,1-2H3. The van der Waals surface area contributed by atoms with Gasteiger partial charge in [0.2, 0.25) is 0 Å². The van der Waals surface area contributed by atoms with Crippen LogP contribution in [0.3, 0.4) is 0 Å². The van der Waals surface area contributed by atoms with Gasteiger partial charge in [-0.15, -0.1) is 0 Å². The van der Waals surface area contributed by atoms with Crippen LogP contribution in [0.2, 0.25) is 0 Å². The molecule has 0 atom stereocenters. The van der Waals surface area contributed by atoms with Crippen molar-refractivity contribution in [3.8, 4) is 28.6 Å². The number of alkyl halides is 3. The van der Waals surface area contributed by atoms with E-state index in [1.54, 1.807) is 12.1 Å². The van der Waals surface area contributed by atoms with Gasteiger partial charge in [0.1, 0.15) is 11.6 Å². The highest BCUT2D eigenvalue weighted by Gasteiger charge is 2.35. The lowest BCUT2D eigenvalue weighted by Crippen LogP contribution is -2.10. The molecule has 4 heterocycles. The van der Waals surface area contributed by atoms with Gasteiger partial charge in [-0.3, -0.25) is 0 Å². The van der Waals surface area contributed by atoms with Crippen LogP contribution in [0.1, 0.15) is 11.1 Å². The molecule has 5 nitrogen and oxygen atoms in total. The predicted octanol–water partition coefficient (Wildman–Crippen LogP) is 13.7. The van der Waals surface area contributed by atoms with Gasteiger partial charge >= 0.3 is 6.18 Å². The summed E-state index contributed by atoms with van der Waals surface area (Å²) in [6, 6.07) is 53.0. The topological polar surface area (TPSA) is 43.5 Å². The average molecular weight is 784 g/mol. The molecule has 0 bridgehead atoms. The molecule has 0 radical (unpaired) electrons. The molecule has 12 rings (SSSR count). The molecule has 0 saturated heterocycles. The first-order chi connectivity index (χ1) is 29.3. The van der Waals surface area contributed by atoms with Gasteiger partial charge in [0.05, 0.1) is 50.0 Å². The number of para-hydroxylation sites is 4. The number of aryl methyl sites for hydroxylation is 2. The minimum Gasteiger partial charge on any atom is -0.344 e. The Hall–Kier alpha value is -7.76. The van der Waals surface area contributed by atoms with Gasteiger partial charge in [0, 0.05) is 73.8 Å². The minimum absolute atomic E-state index is 0.00209. The van der Waals surface area contributed by atoms with Crippen molar-refractivity contribution in [2.45, 2.75) is 6.18 Å². The molecule has 0 unspecified atom stereocenters. The van der Waals surface area contributed by atoms with E-state index in [1.807, 2.05) is 67.7 Å². The van der Waals surface area contributed by atoms with Gasteiger partial charge in [0.15, 0.2) is 0 Å². The number of rotatable bonds is 3. The lowest BCUT2D eigenvalue weighted by atomic mass is 9.94. The number of hydrogen-bond acceptors (Lipinski definition) is 1. The highest BCUT2D eigenvalue weighted by molar-refractivity contribution is 6.27. The molecule has 0 spiro atoms. The van der Waals surface area contributed by atoms with E-state index in [0.717, 1.165) is 93.3 Å². The van der Waals surface area contributed by atoms with Crippen molar-refractivity contribution in [3.05, 3.63) is 169 Å². The van der Waals surface area contributed by atoms with Crippen LogP contribution >= 0.6 is 0 Å². The first kappa shape index (κ1) is 34.3. The van der Waals surface area contributed by atoms with E-state index in [2.05, 4.69) is 98.1 Å². The van der Waals surface area contributed by atoms with Gasteiger partial charge in [0.25, 0.3) is 0 Å². The van der Waals surface area contributed by atoms with Gasteiger partial charge in [-0.25, -0.2) is 0 Å². The maximum atomic E-state index is 15.1. The maximum absolute atomic E-state index is 15.1. The van der Waals surface area contributed by atoms with Crippen molar-refractivity contribution in [2.75, 3.05) is 0 Å². The Morgan fingerprint density at radius 1 is 0.433 bits per heavy atom. The van der Waals surface area contributed by atoms with E-state index < -0.39 is 11.7 Å². The molecular formula is C52H32F3N5. The maximum Gasteiger partial charge on any atom is 0.417 e. The van der Waals surface area contributed by atoms with E-state index in [1.165, 1.54) is 12.1 Å². The average Bonchev–Trinajstić information content (AvgIpc) is 3.98. The van der Waals surface area contributed by atoms with Gasteiger partial charge < -0.3 is 18.3 Å². The fourth-order valence-electron chi connectivity index (χ4n) is 10.2. The highest BCUT2D eigenvalue weighted by Crippen LogP contribution is 2.48. The zero-order valence-electron chi connectivity index (χ0n) is 32.4. The monoisotopic (exact) mass is 783 g/mol. The van der Waals surface area contributed by atoms with Crippen LogP contribution in [-0.4, -0.2) is 18.3 Å². The third kappa shape index (κ3) is 4.41. The summed E-state index contributed by atoms with van der Waals surface area (Å²) < 4.78 is 54.0. The van der Waals surface area contributed by atoms with Crippen molar-refractivity contribution in [3.63, 3.8) is 0 Å². The van der Waals surface area contributed by atoms with Crippen LogP contribution in [0.25, 0.3) is 110 Å². The van der Waals surface area contributed by atoms with Crippen molar-refractivity contribution in [2.24, 2.45) is 14.1 Å². The molecule has 0 saturated carbocycles. The minimum atomic E-state index is -4.66. The molecule has 0 aliphatic carbocycles. The van der Waals surface area contributed by atoms with Crippen LogP contribution in [0, 0.1) is 11.3 Å².